The molecule has 0 saturated heterocycles. The lowest BCUT2D eigenvalue weighted by Gasteiger charge is -2.20. The number of hydrogen-bond acceptors (Lipinski definition) is 3. The first-order valence-electron chi connectivity index (χ1n) is 5.43. The molecule has 1 amide bonds. The first kappa shape index (κ1) is 14.9. The third-order valence-corrected chi connectivity index (χ3v) is 2.16. The highest BCUT2D eigenvalue weighted by molar-refractivity contribution is 5.84. The summed E-state index contributed by atoms with van der Waals surface area (Å²) in [5.74, 6) is -0.796. The van der Waals surface area contributed by atoms with Gasteiger partial charge in [-0.2, -0.15) is 0 Å². The van der Waals surface area contributed by atoms with Crippen LogP contribution in [0.1, 0.15) is 27.2 Å². The van der Waals surface area contributed by atoms with Crippen LogP contribution in [0, 0.1) is 5.92 Å². The number of aliphatic carboxylic acids is 1. The average Bonchev–Trinajstić information content (AvgIpc) is 2.14. The lowest BCUT2D eigenvalue weighted by atomic mass is 10.1. The van der Waals surface area contributed by atoms with Gasteiger partial charge in [0.15, 0.2) is 0 Å². The lowest BCUT2D eigenvalue weighted by Crippen LogP contribution is -2.39. The first-order valence-corrected chi connectivity index (χ1v) is 5.43. The molecule has 0 saturated carbocycles. The average molecular weight is 231 g/mol. The van der Waals surface area contributed by atoms with Gasteiger partial charge >= 0.3 is 5.97 Å². The number of carbonyl (C=O) groups is 2. The van der Waals surface area contributed by atoms with Gasteiger partial charge in [0.25, 0.3) is 5.91 Å². The second-order valence-electron chi connectivity index (χ2n) is 4.28. The molecular formula is C11H21NO4. The van der Waals surface area contributed by atoms with E-state index in [-0.39, 0.29) is 12.5 Å². The number of ether oxygens (including phenoxy) is 1. The van der Waals surface area contributed by atoms with Gasteiger partial charge in [-0.1, -0.05) is 13.8 Å². The van der Waals surface area contributed by atoms with Crippen molar-refractivity contribution in [2.24, 2.45) is 5.92 Å². The molecular weight excluding hydrogens is 210 g/mol. The predicted octanol–water partition coefficient (Wildman–Crippen LogP) is 0.981. The van der Waals surface area contributed by atoms with Crippen molar-refractivity contribution in [2.45, 2.75) is 33.3 Å². The first-order chi connectivity index (χ1) is 7.34. The summed E-state index contributed by atoms with van der Waals surface area (Å²) in [7, 11) is 1.46. The quantitative estimate of drug-likeness (QED) is 0.709. The summed E-state index contributed by atoms with van der Waals surface area (Å²) in [5, 5.41) is 8.53. The van der Waals surface area contributed by atoms with Crippen molar-refractivity contribution >= 4 is 11.9 Å². The predicted molar refractivity (Wildman–Crippen MR) is 60.1 cm³/mol. The Morgan fingerprint density at radius 1 is 1.31 bits per heavy atom. The van der Waals surface area contributed by atoms with E-state index < -0.39 is 12.1 Å². The van der Waals surface area contributed by atoms with Crippen LogP contribution in [0.15, 0.2) is 0 Å². The third kappa shape index (κ3) is 6.40. The zero-order valence-electron chi connectivity index (χ0n) is 10.4. The van der Waals surface area contributed by atoms with E-state index in [9.17, 15) is 9.59 Å². The zero-order chi connectivity index (χ0) is 12.7. The molecule has 1 N–H and O–H groups in total. The van der Waals surface area contributed by atoms with E-state index in [1.807, 2.05) is 0 Å². The number of carboxylic acid groups (broad SMARTS) is 1. The molecule has 16 heavy (non-hydrogen) atoms. The lowest BCUT2D eigenvalue weighted by molar-refractivity contribution is -0.148. The Hall–Kier alpha value is -1.10. The minimum Gasteiger partial charge on any atom is -0.480 e. The normalized spacial score (nSPS) is 12.6. The van der Waals surface area contributed by atoms with Gasteiger partial charge in [-0.3, -0.25) is 9.59 Å². The summed E-state index contributed by atoms with van der Waals surface area (Å²) in [5.41, 5.74) is 0. The molecule has 0 aliphatic carbocycles. The van der Waals surface area contributed by atoms with E-state index in [2.05, 4.69) is 13.8 Å². The molecule has 0 fully saturated rings. The van der Waals surface area contributed by atoms with E-state index in [1.165, 1.54) is 7.05 Å². The fourth-order valence-corrected chi connectivity index (χ4v) is 1.14. The maximum absolute atomic E-state index is 11.6. The molecule has 5 nitrogen and oxygen atoms in total. The summed E-state index contributed by atoms with van der Waals surface area (Å²) in [6.45, 7) is 6.02. The minimum atomic E-state index is -1.02. The Kier molecular flexibility index (Phi) is 6.72. The summed E-state index contributed by atoms with van der Waals surface area (Å²) < 4.78 is 5.33. The van der Waals surface area contributed by atoms with Crippen LogP contribution in [-0.2, 0) is 14.3 Å². The van der Waals surface area contributed by atoms with Crippen molar-refractivity contribution in [3.05, 3.63) is 0 Å². The van der Waals surface area contributed by atoms with Gasteiger partial charge in [0.1, 0.15) is 12.6 Å². The van der Waals surface area contributed by atoms with Crippen LogP contribution in [0.25, 0.3) is 0 Å². The van der Waals surface area contributed by atoms with Crippen molar-refractivity contribution < 1.29 is 19.4 Å². The maximum Gasteiger partial charge on any atom is 0.323 e. The van der Waals surface area contributed by atoms with Gasteiger partial charge in [-0.25, -0.2) is 0 Å². The van der Waals surface area contributed by atoms with Gasteiger partial charge in [-0.05, 0) is 19.3 Å². The number of rotatable bonds is 7. The van der Waals surface area contributed by atoms with Crippen molar-refractivity contribution in [1.29, 1.82) is 0 Å². The van der Waals surface area contributed by atoms with Crippen molar-refractivity contribution in [2.75, 3.05) is 20.2 Å². The number of amides is 1. The summed E-state index contributed by atoms with van der Waals surface area (Å²) >= 11 is 0. The van der Waals surface area contributed by atoms with Crippen LogP contribution >= 0.6 is 0 Å². The van der Waals surface area contributed by atoms with Crippen LogP contribution in [0.4, 0.5) is 0 Å². The topological polar surface area (TPSA) is 66.8 Å². The van der Waals surface area contributed by atoms with Crippen LogP contribution in [0.5, 0.6) is 0 Å². The molecule has 0 aromatic rings. The standard InChI is InChI=1S/C11H21NO4/c1-8(2)5-6-16-9(3)11(15)12(4)7-10(13)14/h8-9H,5-7H2,1-4H3,(H,13,14). The number of carboxylic acids is 1. The maximum atomic E-state index is 11.6. The molecule has 0 aliphatic heterocycles. The number of carbonyl (C=O) groups excluding carboxylic acids is 1. The van der Waals surface area contributed by atoms with Gasteiger partial charge < -0.3 is 14.7 Å². The van der Waals surface area contributed by atoms with Crippen LogP contribution in [0.2, 0.25) is 0 Å². The Morgan fingerprint density at radius 3 is 2.31 bits per heavy atom. The molecule has 1 unspecified atom stereocenters. The molecule has 0 rings (SSSR count). The SMILES string of the molecule is CC(C)CCOC(C)C(=O)N(C)CC(=O)O. The van der Waals surface area contributed by atoms with Crippen LogP contribution < -0.4 is 0 Å². The molecule has 1 atom stereocenters. The summed E-state index contributed by atoms with van der Waals surface area (Å²) in [6, 6.07) is 0. The highest BCUT2D eigenvalue weighted by Crippen LogP contribution is 2.03. The fourth-order valence-electron chi connectivity index (χ4n) is 1.14. The Morgan fingerprint density at radius 2 is 1.88 bits per heavy atom. The molecule has 94 valence electrons. The van der Waals surface area contributed by atoms with Gasteiger partial charge in [0, 0.05) is 13.7 Å². The van der Waals surface area contributed by atoms with Crippen molar-refractivity contribution in [3.8, 4) is 0 Å². The number of likely N-dealkylation sites (N-methyl/N-ethyl adjacent to an activating group) is 1. The molecule has 0 heterocycles. The van der Waals surface area contributed by atoms with E-state index >= 15 is 0 Å². The molecule has 5 heteroatoms. The van der Waals surface area contributed by atoms with E-state index in [0.29, 0.717) is 12.5 Å². The summed E-state index contributed by atoms with van der Waals surface area (Å²) in [6.07, 6.45) is 0.309. The number of hydrogen-bond donors (Lipinski definition) is 1. The second kappa shape index (κ2) is 7.22. The van der Waals surface area contributed by atoms with E-state index in [0.717, 1.165) is 11.3 Å². The highest BCUT2D eigenvalue weighted by Gasteiger charge is 2.19. The third-order valence-electron chi connectivity index (χ3n) is 2.16. The molecule has 0 aromatic carbocycles. The van der Waals surface area contributed by atoms with Crippen LogP contribution in [-0.4, -0.2) is 48.2 Å². The molecule has 0 bridgehead atoms. The minimum absolute atomic E-state index is 0.295. The van der Waals surface area contributed by atoms with Gasteiger partial charge in [0.2, 0.25) is 0 Å². The van der Waals surface area contributed by atoms with E-state index in [1.54, 1.807) is 6.92 Å². The Balaban J connectivity index is 3.93. The fraction of sp³-hybridized carbons (Fsp3) is 0.818. The molecule has 0 radical (unpaired) electrons. The molecule has 0 aromatic heterocycles. The van der Waals surface area contributed by atoms with Crippen molar-refractivity contribution in [1.82, 2.24) is 4.90 Å². The number of nitrogens with zero attached hydrogens (tertiary/aromatic N) is 1. The van der Waals surface area contributed by atoms with E-state index in [4.69, 9.17) is 9.84 Å². The smallest absolute Gasteiger partial charge is 0.323 e. The van der Waals surface area contributed by atoms with Crippen molar-refractivity contribution in [3.63, 3.8) is 0 Å². The second-order valence-corrected chi connectivity index (χ2v) is 4.28. The van der Waals surface area contributed by atoms with Gasteiger partial charge in [-0.15, -0.1) is 0 Å². The Bertz CT molecular complexity index is 240. The highest BCUT2D eigenvalue weighted by atomic mass is 16.5. The monoisotopic (exact) mass is 231 g/mol. The molecule has 0 spiro atoms. The largest absolute Gasteiger partial charge is 0.480 e. The molecule has 0 aliphatic rings. The van der Waals surface area contributed by atoms with Gasteiger partial charge in [0.05, 0.1) is 0 Å². The summed E-state index contributed by atoms with van der Waals surface area (Å²) in [4.78, 5) is 23.2. The van der Waals surface area contributed by atoms with Crippen LogP contribution in [0.3, 0.4) is 0 Å². The Labute approximate surface area is 96.4 Å². The zero-order valence-corrected chi connectivity index (χ0v) is 10.4.